The Morgan fingerprint density at radius 2 is 1.83 bits per heavy atom. The van der Waals surface area contributed by atoms with Gasteiger partial charge in [-0.15, -0.1) is 0 Å². The van der Waals surface area contributed by atoms with Crippen molar-refractivity contribution in [1.29, 1.82) is 0 Å². The van der Waals surface area contributed by atoms with E-state index in [4.69, 9.17) is 16.3 Å². The molecule has 0 aliphatic carbocycles. The monoisotopic (exact) mass is 347 g/mol. The first kappa shape index (κ1) is 17.4. The Morgan fingerprint density at radius 1 is 1.12 bits per heavy atom. The van der Waals surface area contributed by atoms with Crippen molar-refractivity contribution in [3.05, 3.63) is 64.9 Å². The number of benzene rings is 1. The van der Waals surface area contributed by atoms with Crippen LogP contribution < -0.4 is 10.9 Å². The number of ether oxygens (including phenoxy) is 1. The maximum Gasteiger partial charge on any atom is 0.357 e. The molecule has 8 heteroatoms. The quantitative estimate of drug-likeness (QED) is 0.648. The topological polar surface area (TPSA) is 97.4 Å². The van der Waals surface area contributed by atoms with Gasteiger partial charge in [0.05, 0.1) is 0 Å². The van der Waals surface area contributed by atoms with Gasteiger partial charge >= 0.3 is 5.97 Å². The normalized spacial score (nSPS) is 11.2. The minimum Gasteiger partial charge on any atom is -0.448 e. The molecule has 0 saturated carbocycles. The van der Waals surface area contributed by atoms with Gasteiger partial charge in [0, 0.05) is 16.8 Å². The molecule has 0 bridgehead atoms. The van der Waals surface area contributed by atoms with Crippen LogP contribution in [-0.4, -0.2) is 28.9 Å². The van der Waals surface area contributed by atoms with Crippen LogP contribution >= 0.6 is 11.6 Å². The van der Waals surface area contributed by atoms with Gasteiger partial charge in [-0.2, -0.15) is 0 Å². The largest absolute Gasteiger partial charge is 0.448 e. The Kier molecular flexibility index (Phi) is 5.86. The number of rotatable bonds is 4. The lowest BCUT2D eigenvalue weighted by Crippen LogP contribution is -2.46. The number of carbonyl (C=O) groups is 3. The van der Waals surface area contributed by atoms with Gasteiger partial charge in [0.1, 0.15) is 5.69 Å². The van der Waals surface area contributed by atoms with Crippen LogP contribution in [0.4, 0.5) is 0 Å². The van der Waals surface area contributed by atoms with E-state index in [0.29, 0.717) is 10.6 Å². The third-order valence-electron chi connectivity index (χ3n) is 2.92. The van der Waals surface area contributed by atoms with Gasteiger partial charge in [0.15, 0.2) is 6.10 Å². The molecular formula is C16H14ClN3O4. The fraction of sp³-hybridized carbons (Fsp3) is 0.125. The van der Waals surface area contributed by atoms with Crippen molar-refractivity contribution in [3.8, 4) is 0 Å². The first-order valence-corrected chi connectivity index (χ1v) is 7.33. The molecular weight excluding hydrogens is 334 g/mol. The summed E-state index contributed by atoms with van der Waals surface area (Å²) in [6, 6.07) is 11.2. The zero-order chi connectivity index (χ0) is 17.5. The summed E-state index contributed by atoms with van der Waals surface area (Å²) in [5.74, 6) is -1.97. The number of hydrogen-bond acceptors (Lipinski definition) is 5. The number of esters is 1. The Morgan fingerprint density at radius 3 is 2.50 bits per heavy atom. The van der Waals surface area contributed by atoms with Crippen molar-refractivity contribution in [2.45, 2.75) is 13.0 Å². The molecule has 1 aromatic carbocycles. The standard InChI is InChI=1S/C16H14ClN3O4/c1-10(24-16(23)13-9-12(17)7-8-18-13)14(21)19-20-15(22)11-5-3-2-4-6-11/h2-10H,1H3,(H,19,21)(H,20,22)/t10-/m1/s1. The van der Waals surface area contributed by atoms with Crippen LogP contribution in [-0.2, 0) is 9.53 Å². The third-order valence-corrected chi connectivity index (χ3v) is 3.15. The molecule has 2 amide bonds. The molecule has 0 aliphatic heterocycles. The van der Waals surface area contributed by atoms with E-state index >= 15 is 0 Å². The van der Waals surface area contributed by atoms with E-state index in [1.807, 2.05) is 0 Å². The highest BCUT2D eigenvalue weighted by atomic mass is 35.5. The Balaban J connectivity index is 1.86. The first-order valence-electron chi connectivity index (χ1n) is 6.95. The molecule has 1 heterocycles. The molecule has 2 N–H and O–H groups in total. The van der Waals surface area contributed by atoms with E-state index in [-0.39, 0.29) is 5.69 Å². The van der Waals surface area contributed by atoms with Crippen LogP contribution in [0.1, 0.15) is 27.8 Å². The molecule has 1 atom stereocenters. The van der Waals surface area contributed by atoms with Crippen molar-refractivity contribution < 1.29 is 19.1 Å². The summed E-state index contributed by atoms with van der Waals surface area (Å²) in [5, 5.41) is 0.323. The Labute approximate surface area is 143 Å². The van der Waals surface area contributed by atoms with Gasteiger partial charge in [-0.3, -0.25) is 20.4 Å². The molecule has 2 rings (SSSR count). The second kappa shape index (κ2) is 8.07. The lowest BCUT2D eigenvalue weighted by atomic mass is 10.2. The van der Waals surface area contributed by atoms with Crippen molar-refractivity contribution in [3.63, 3.8) is 0 Å². The summed E-state index contributed by atoms with van der Waals surface area (Å²) in [6.45, 7) is 1.37. The zero-order valence-corrected chi connectivity index (χ0v) is 13.4. The summed E-state index contributed by atoms with van der Waals surface area (Å²) < 4.78 is 4.97. The third kappa shape index (κ3) is 4.79. The minimum absolute atomic E-state index is 0.0181. The zero-order valence-electron chi connectivity index (χ0n) is 12.7. The van der Waals surface area contributed by atoms with Crippen LogP contribution in [0, 0.1) is 0 Å². The molecule has 0 radical (unpaired) electrons. The van der Waals surface area contributed by atoms with E-state index in [9.17, 15) is 14.4 Å². The second-order valence-electron chi connectivity index (χ2n) is 4.72. The maximum absolute atomic E-state index is 11.9. The molecule has 1 aromatic heterocycles. The summed E-state index contributed by atoms with van der Waals surface area (Å²) in [6.07, 6.45) is 0.221. The highest BCUT2D eigenvalue weighted by Gasteiger charge is 2.20. The molecule has 2 aromatic rings. The van der Waals surface area contributed by atoms with E-state index in [1.54, 1.807) is 30.3 Å². The highest BCUT2D eigenvalue weighted by molar-refractivity contribution is 6.30. The average molecular weight is 348 g/mol. The number of carbonyl (C=O) groups excluding carboxylic acids is 3. The Hall–Kier alpha value is -2.93. The van der Waals surface area contributed by atoms with Crippen LogP contribution in [0.2, 0.25) is 5.02 Å². The van der Waals surface area contributed by atoms with Gasteiger partial charge in [-0.05, 0) is 31.2 Å². The van der Waals surface area contributed by atoms with Crippen molar-refractivity contribution in [2.24, 2.45) is 0 Å². The van der Waals surface area contributed by atoms with Crippen molar-refractivity contribution in [1.82, 2.24) is 15.8 Å². The highest BCUT2D eigenvalue weighted by Crippen LogP contribution is 2.09. The SMILES string of the molecule is C[C@@H](OC(=O)c1cc(Cl)ccn1)C(=O)NNC(=O)c1ccccc1. The molecule has 124 valence electrons. The number of hydrazine groups is 1. The molecule has 7 nitrogen and oxygen atoms in total. The Bertz CT molecular complexity index is 752. The second-order valence-corrected chi connectivity index (χ2v) is 5.15. The van der Waals surface area contributed by atoms with Gasteiger partial charge in [0.25, 0.3) is 11.8 Å². The van der Waals surface area contributed by atoms with Gasteiger partial charge in [-0.1, -0.05) is 29.8 Å². The van der Waals surface area contributed by atoms with E-state index < -0.39 is 23.9 Å². The maximum atomic E-state index is 11.9. The fourth-order valence-corrected chi connectivity index (χ4v) is 1.83. The summed E-state index contributed by atoms with van der Waals surface area (Å²) >= 11 is 5.76. The van der Waals surface area contributed by atoms with Crippen molar-refractivity contribution in [2.75, 3.05) is 0 Å². The first-order chi connectivity index (χ1) is 11.5. The number of nitrogens with zero attached hydrogens (tertiary/aromatic N) is 1. The molecule has 0 fully saturated rings. The molecule has 0 unspecified atom stereocenters. The summed E-state index contributed by atoms with van der Waals surface area (Å²) in [5.41, 5.74) is 4.78. The van der Waals surface area contributed by atoms with E-state index in [2.05, 4.69) is 15.8 Å². The lowest BCUT2D eigenvalue weighted by Gasteiger charge is -2.13. The number of hydrogen-bond donors (Lipinski definition) is 2. The number of pyridine rings is 1. The molecule has 24 heavy (non-hydrogen) atoms. The van der Waals surface area contributed by atoms with Crippen LogP contribution in [0.25, 0.3) is 0 Å². The molecule has 0 aliphatic rings. The molecule has 0 saturated heterocycles. The number of amides is 2. The van der Waals surface area contributed by atoms with Crippen LogP contribution in [0.15, 0.2) is 48.7 Å². The van der Waals surface area contributed by atoms with Gasteiger partial charge in [0.2, 0.25) is 0 Å². The molecule has 0 spiro atoms. The minimum atomic E-state index is -1.13. The predicted molar refractivity (Wildman–Crippen MR) is 86.2 cm³/mol. The average Bonchev–Trinajstić information content (AvgIpc) is 2.60. The predicted octanol–water partition coefficient (Wildman–Crippen LogP) is 1.74. The summed E-state index contributed by atoms with van der Waals surface area (Å²) in [7, 11) is 0. The number of halogens is 1. The van der Waals surface area contributed by atoms with Gasteiger partial charge < -0.3 is 4.74 Å². The lowest BCUT2D eigenvalue weighted by molar-refractivity contribution is -0.129. The van der Waals surface area contributed by atoms with Crippen LogP contribution in [0.3, 0.4) is 0 Å². The summed E-state index contributed by atoms with van der Waals surface area (Å²) in [4.78, 5) is 39.3. The van der Waals surface area contributed by atoms with Crippen LogP contribution in [0.5, 0.6) is 0 Å². The fourth-order valence-electron chi connectivity index (χ4n) is 1.67. The van der Waals surface area contributed by atoms with Gasteiger partial charge in [-0.25, -0.2) is 9.78 Å². The number of nitrogens with one attached hydrogen (secondary N) is 2. The smallest absolute Gasteiger partial charge is 0.357 e. The van der Waals surface area contributed by atoms with Crippen molar-refractivity contribution >= 4 is 29.4 Å². The van der Waals surface area contributed by atoms with E-state index in [1.165, 1.54) is 25.3 Å². The number of aromatic nitrogens is 1. The van der Waals surface area contributed by atoms with E-state index in [0.717, 1.165) is 0 Å².